The first-order valence-corrected chi connectivity index (χ1v) is 5.71. The standard InChI is InChI=1S/C15H20N2/c1-11-8-12(2)10-14(9-11)15(17-4)13(3)6-5-7-16/h5-6,8-10H,4,7,16H2,1-3H3/b6-5-,15-13-. The van der Waals surface area contributed by atoms with Gasteiger partial charge in [0.1, 0.15) is 0 Å². The molecule has 0 bridgehead atoms. The fraction of sp³-hybridized carbons (Fsp3) is 0.267. The first-order valence-electron chi connectivity index (χ1n) is 5.71. The van der Waals surface area contributed by atoms with E-state index in [-0.39, 0.29) is 0 Å². The molecule has 0 aliphatic heterocycles. The van der Waals surface area contributed by atoms with Gasteiger partial charge in [0.25, 0.3) is 0 Å². The number of aliphatic imine (C=N–C) groups is 1. The second kappa shape index (κ2) is 6.16. The van der Waals surface area contributed by atoms with E-state index in [0.717, 1.165) is 16.8 Å². The predicted octanol–water partition coefficient (Wildman–Crippen LogP) is 3.25. The third-order valence-electron chi connectivity index (χ3n) is 2.53. The molecule has 0 atom stereocenters. The summed E-state index contributed by atoms with van der Waals surface area (Å²) in [5, 5.41) is 0. The molecule has 0 heterocycles. The van der Waals surface area contributed by atoms with Gasteiger partial charge in [-0.05, 0) is 45.2 Å². The molecule has 0 aliphatic rings. The average molecular weight is 228 g/mol. The van der Waals surface area contributed by atoms with Crippen LogP contribution in [0, 0.1) is 13.8 Å². The third-order valence-corrected chi connectivity index (χ3v) is 2.53. The summed E-state index contributed by atoms with van der Waals surface area (Å²) in [5.74, 6) is 0. The smallest absolute Gasteiger partial charge is 0.0723 e. The van der Waals surface area contributed by atoms with Crippen LogP contribution in [0.3, 0.4) is 0 Å². The van der Waals surface area contributed by atoms with E-state index in [1.165, 1.54) is 11.1 Å². The number of nitrogens with two attached hydrogens (primary N) is 1. The Kier molecular flexibility index (Phi) is 4.85. The second-order valence-corrected chi connectivity index (χ2v) is 4.20. The fourth-order valence-electron chi connectivity index (χ4n) is 1.88. The molecule has 0 fully saturated rings. The molecular formula is C15H20N2. The van der Waals surface area contributed by atoms with E-state index in [2.05, 4.69) is 43.8 Å². The molecule has 0 aliphatic carbocycles. The normalized spacial score (nSPS) is 12.7. The maximum atomic E-state index is 5.45. The lowest BCUT2D eigenvalue weighted by Gasteiger charge is -2.07. The summed E-state index contributed by atoms with van der Waals surface area (Å²) < 4.78 is 0. The number of benzene rings is 1. The highest BCUT2D eigenvalue weighted by Crippen LogP contribution is 2.22. The molecule has 0 saturated carbocycles. The summed E-state index contributed by atoms with van der Waals surface area (Å²) >= 11 is 0. The molecule has 2 nitrogen and oxygen atoms in total. The summed E-state index contributed by atoms with van der Waals surface area (Å²) in [7, 11) is 0. The predicted molar refractivity (Wildman–Crippen MR) is 76.3 cm³/mol. The van der Waals surface area contributed by atoms with Crippen molar-refractivity contribution in [2.24, 2.45) is 10.7 Å². The van der Waals surface area contributed by atoms with Gasteiger partial charge in [0.2, 0.25) is 0 Å². The van der Waals surface area contributed by atoms with Gasteiger partial charge in [0, 0.05) is 12.1 Å². The van der Waals surface area contributed by atoms with Crippen LogP contribution in [0.5, 0.6) is 0 Å². The van der Waals surface area contributed by atoms with Crippen LogP contribution in [0.4, 0.5) is 0 Å². The molecule has 0 amide bonds. The first kappa shape index (κ1) is 13.4. The van der Waals surface area contributed by atoms with Crippen molar-refractivity contribution in [3.63, 3.8) is 0 Å². The number of rotatable bonds is 4. The minimum atomic E-state index is 0.536. The van der Waals surface area contributed by atoms with E-state index in [1.807, 2.05) is 19.1 Å². The van der Waals surface area contributed by atoms with E-state index < -0.39 is 0 Å². The van der Waals surface area contributed by atoms with Crippen molar-refractivity contribution >= 4 is 12.4 Å². The summed E-state index contributed by atoms with van der Waals surface area (Å²) in [6.45, 7) is 10.4. The quantitative estimate of drug-likeness (QED) is 0.623. The minimum absolute atomic E-state index is 0.536. The van der Waals surface area contributed by atoms with Gasteiger partial charge in [-0.2, -0.15) is 0 Å². The van der Waals surface area contributed by atoms with Gasteiger partial charge in [-0.3, -0.25) is 4.99 Å². The van der Waals surface area contributed by atoms with Crippen LogP contribution in [-0.4, -0.2) is 13.3 Å². The Balaban J connectivity index is 3.26. The highest BCUT2D eigenvalue weighted by molar-refractivity contribution is 5.73. The van der Waals surface area contributed by atoms with Crippen LogP contribution in [0.15, 0.2) is 40.9 Å². The van der Waals surface area contributed by atoms with E-state index in [0.29, 0.717) is 6.54 Å². The molecule has 90 valence electrons. The van der Waals surface area contributed by atoms with Crippen molar-refractivity contribution in [1.82, 2.24) is 0 Å². The van der Waals surface area contributed by atoms with Crippen LogP contribution in [-0.2, 0) is 0 Å². The van der Waals surface area contributed by atoms with Crippen LogP contribution >= 0.6 is 0 Å². The SMILES string of the molecule is C=N/C(=C(C)\C=C/CN)c1cc(C)cc(C)c1. The molecule has 0 radical (unpaired) electrons. The monoisotopic (exact) mass is 228 g/mol. The van der Waals surface area contributed by atoms with Gasteiger partial charge < -0.3 is 5.73 Å². The first-order chi connectivity index (χ1) is 8.08. The molecular weight excluding hydrogens is 208 g/mol. The molecule has 1 aromatic rings. The van der Waals surface area contributed by atoms with Crippen molar-refractivity contribution in [3.05, 3.63) is 52.6 Å². The number of nitrogens with zero attached hydrogens (tertiary/aromatic N) is 1. The zero-order chi connectivity index (χ0) is 12.8. The second-order valence-electron chi connectivity index (χ2n) is 4.20. The Hall–Kier alpha value is -1.67. The maximum absolute atomic E-state index is 5.45. The van der Waals surface area contributed by atoms with Gasteiger partial charge in [0.05, 0.1) is 5.70 Å². The maximum Gasteiger partial charge on any atom is 0.0723 e. The summed E-state index contributed by atoms with van der Waals surface area (Å²) in [6.07, 6.45) is 3.91. The molecule has 0 spiro atoms. The molecule has 2 N–H and O–H groups in total. The van der Waals surface area contributed by atoms with E-state index in [4.69, 9.17) is 5.73 Å². The molecule has 17 heavy (non-hydrogen) atoms. The average Bonchev–Trinajstić information content (AvgIpc) is 2.26. The highest BCUT2D eigenvalue weighted by atomic mass is 14.7. The molecule has 2 heteroatoms. The molecule has 0 saturated heterocycles. The lowest BCUT2D eigenvalue weighted by molar-refractivity contribution is 1.24. The van der Waals surface area contributed by atoms with Crippen molar-refractivity contribution in [2.45, 2.75) is 20.8 Å². The third kappa shape index (κ3) is 3.68. The lowest BCUT2D eigenvalue weighted by atomic mass is 10.0. The zero-order valence-corrected chi connectivity index (χ0v) is 10.8. The Morgan fingerprint density at radius 2 is 1.88 bits per heavy atom. The molecule has 0 unspecified atom stereocenters. The molecule has 1 rings (SSSR count). The van der Waals surface area contributed by atoms with Crippen molar-refractivity contribution in [2.75, 3.05) is 6.54 Å². The van der Waals surface area contributed by atoms with Gasteiger partial charge in [-0.15, -0.1) is 0 Å². The topological polar surface area (TPSA) is 38.4 Å². The van der Waals surface area contributed by atoms with E-state index in [1.54, 1.807) is 0 Å². The Morgan fingerprint density at radius 1 is 1.29 bits per heavy atom. The largest absolute Gasteiger partial charge is 0.327 e. The molecule has 1 aromatic carbocycles. The molecule has 0 aromatic heterocycles. The Morgan fingerprint density at radius 3 is 2.35 bits per heavy atom. The van der Waals surface area contributed by atoms with Gasteiger partial charge in [-0.25, -0.2) is 0 Å². The van der Waals surface area contributed by atoms with Crippen LogP contribution in [0.25, 0.3) is 5.70 Å². The Labute approximate surface area is 104 Å². The van der Waals surface area contributed by atoms with Crippen LogP contribution < -0.4 is 5.73 Å². The highest BCUT2D eigenvalue weighted by Gasteiger charge is 2.03. The minimum Gasteiger partial charge on any atom is -0.327 e. The summed E-state index contributed by atoms with van der Waals surface area (Å²) in [4.78, 5) is 4.13. The van der Waals surface area contributed by atoms with Crippen LogP contribution in [0.2, 0.25) is 0 Å². The zero-order valence-electron chi connectivity index (χ0n) is 10.8. The Bertz CT molecular complexity index is 448. The number of hydrogen-bond acceptors (Lipinski definition) is 2. The van der Waals surface area contributed by atoms with E-state index in [9.17, 15) is 0 Å². The lowest BCUT2D eigenvalue weighted by Crippen LogP contribution is -1.93. The van der Waals surface area contributed by atoms with E-state index >= 15 is 0 Å². The number of aryl methyl sites for hydroxylation is 2. The van der Waals surface area contributed by atoms with Gasteiger partial charge >= 0.3 is 0 Å². The number of allylic oxidation sites excluding steroid dienone is 2. The van der Waals surface area contributed by atoms with Crippen LogP contribution in [0.1, 0.15) is 23.6 Å². The summed E-state index contributed by atoms with van der Waals surface area (Å²) in [6, 6.07) is 6.39. The fourth-order valence-corrected chi connectivity index (χ4v) is 1.88. The van der Waals surface area contributed by atoms with Crippen molar-refractivity contribution < 1.29 is 0 Å². The summed E-state index contributed by atoms with van der Waals surface area (Å²) in [5.41, 5.74) is 11.0. The van der Waals surface area contributed by atoms with Gasteiger partial charge in [0.15, 0.2) is 0 Å². The number of hydrogen-bond donors (Lipinski definition) is 1. The van der Waals surface area contributed by atoms with Crippen molar-refractivity contribution in [3.8, 4) is 0 Å². The van der Waals surface area contributed by atoms with Crippen molar-refractivity contribution in [1.29, 1.82) is 0 Å². The van der Waals surface area contributed by atoms with Gasteiger partial charge in [-0.1, -0.05) is 29.3 Å².